The number of sulfonamides is 1. The van der Waals surface area contributed by atoms with E-state index < -0.39 is 10.0 Å². The van der Waals surface area contributed by atoms with E-state index in [0.29, 0.717) is 25.6 Å². The second kappa shape index (κ2) is 8.31. The maximum atomic E-state index is 11.5. The number of rotatable bonds is 6. The summed E-state index contributed by atoms with van der Waals surface area (Å²) in [4.78, 5) is 4.58. The number of hydrogen-bond donors (Lipinski definition) is 2. The van der Waals surface area contributed by atoms with E-state index in [1.807, 2.05) is 37.3 Å². The van der Waals surface area contributed by atoms with Crippen molar-refractivity contribution in [1.29, 1.82) is 0 Å². The van der Waals surface area contributed by atoms with E-state index in [-0.39, 0.29) is 0 Å². The highest BCUT2D eigenvalue weighted by molar-refractivity contribution is 7.88. The monoisotopic (exact) mass is 338 g/mol. The fourth-order valence-corrected chi connectivity index (χ4v) is 3.52. The average molecular weight is 338 g/mol. The Labute approximate surface area is 139 Å². The first-order chi connectivity index (χ1) is 11.0. The molecule has 1 unspecified atom stereocenters. The smallest absolute Gasteiger partial charge is 0.211 e. The molecule has 0 radical (unpaired) electrons. The summed E-state index contributed by atoms with van der Waals surface area (Å²) in [5.74, 6) is 1.10. The molecule has 0 aliphatic carbocycles. The van der Waals surface area contributed by atoms with Gasteiger partial charge in [0.1, 0.15) is 0 Å². The quantitative estimate of drug-likeness (QED) is 0.600. The Hall–Kier alpha value is -1.60. The minimum absolute atomic E-state index is 0.324. The predicted octanol–water partition coefficient (Wildman–Crippen LogP) is 1.02. The van der Waals surface area contributed by atoms with Gasteiger partial charge in [0.2, 0.25) is 10.0 Å². The lowest BCUT2D eigenvalue weighted by Crippen LogP contribution is -2.40. The van der Waals surface area contributed by atoms with Gasteiger partial charge < -0.3 is 10.6 Å². The lowest BCUT2D eigenvalue weighted by Gasteiger charge is -2.16. The summed E-state index contributed by atoms with van der Waals surface area (Å²) in [5, 5.41) is 6.55. The van der Waals surface area contributed by atoms with Gasteiger partial charge in [-0.25, -0.2) is 17.7 Å². The van der Waals surface area contributed by atoms with Gasteiger partial charge in [0.25, 0.3) is 0 Å². The van der Waals surface area contributed by atoms with Crippen LogP contribution in [0.1, 0.15) is 18.9 Å². The Morgan fingerprint density at radius 2 is 2.04 bits per heavy atom. The molecule has 0 saturated carbocycles. The van der Waals surface area contributed by atoms with Gasteiger partial charge in [0.05, 0.1) is 12.8 Å². The minimum atomic E-state index is -3.07. The number of nitrogens with zero attached hydrogens (tertiary/aromatic N) is 2. The van der Waals surface area contributed by atoms with E-state index >= 15 is 0 Å². The Balaban J connectivity index is 1.85. The molecule has 0 amide bonds. The first kappa shape index (κ1) is 17.7. The fraction of sp³-hybridized carbons (Fsp3) is 0.562. The maximum Gasteiger partial charge on any atom is 0.211 e. The lowest BCUT2D eigenvalue weighted by molar-refractivity contribution is 0.459. The zero-order chi connectivity index (χ0) is 16.7. The molecule has 1 aliphatic rings. The van der Waals surface area contributed by atoms with Crippen molar-refractivity contribution in [2.45, 2.75) is 19.9 Å². The summed E-state index contributed by atoms with van der Waals surface area (Å²) in [5.41, 5.74) is 1.16. The highest BCUT2D eigenvalue weighted by Crippen LogP contribution is 2.17. The molecule has 2 N–H and O–H groups in total. The van der Waals surface area contributed by atoms with Gasteiger partial charge in [-0.1, -0.05) is 30.3 Å². The summed E-state index contributed by atoms with van der Waals surface area (Å²) in [7, 11) is -3.07. The highest BCUT2D eigenvalue weighted by Gasteiger charge is 2.28. The van der Waals surface area contributed by atoms with Gasteiger partial charge in [0.15, 0.2) is 5.96 Å². The molecule has 1 fully saturated rings. The Kier molecular flexibility index (Phi) is 6.41. The van der Waals surface area contributed by atoms with Crippen LogP contribution in [0.25, 0.3) is 0 Å². The second-order valence-corrected chi connectivity index (χ2v) is 7.82. The van der Waals surface area contributed by atoms with Crippen molar-refractivity contribution in [3.05, 3.63) is 35.9 Å². The SMILES string of the molecule is CCNC(=NCc1ccccc1)NCC1CCN(S(C)(=O)=O)C1. The summed E-state index contributed by atoms with van der Waals surface area (Å²) in [6.07, 6.45) is 2.16. The largest absolute Gasteiger partial charge is 0.357 e. The van der Waals surface area contributed by atoms with Crippen molar-refractivity contribution in [2.75, 3.05) is 32.4 Å². The zero-order valence-electron chi connectivity index (χ0n) is 13.8. The maximum absolute atomic E-state index is 11.5. The molecule has 1 atom stereocenters. The van der Waals surface area contributed by atoms with Crippen LogP contribution in [0.3, 0.4) is 0 Å². The van der Waals surface area contributed by atoms with E-state index in [1.165, 1.54) is 6.26 Å². The van der Waals surface area contributed by atoms with Crippen molar-refractivity contribution in [1.82, 2.24) is 14.9 Å². The van der Waals surface area contributed by atoms with E-state index in [2.05, 4.69) is 15.6 Å². The van der Waals surface area contributed by atoms with E-state index in [9.17, 15) is 8.42 Å². The van der Waals surface area contributed by atoms with Crippen molar-refractivity contribution in [2.24, 2.45) is 10.9 Å². The minimum Gasteiger partial charge on any atom is -0.357 e. The first-order valence-corrected chi connectivity index (χ1v) is 9.85. The van der Waals surface area contributed by atoms with Gasteiger partial charge in [0, 0.05) is 26.2 Å². The summed E-state index contributed by atoms with van der Waals surface area (Å²) >= 11 is 0. The van der Waals surface area contributed by atoms with Crippen LogP contribution in [0, 0.1) is 5.92 Å². The van der Waals surface area contributed by atoms with Crippen LogP contribution in [0.4, 0.5) is 0 Å². The Morgan fingerprint density at radius 1 is 1.30 bits per heavy atom. The molecule has 6 nitrogen and oxygen atoms in total. The summed E-state index contributed by atoms with van der Waals surface area (Å²) in [6.45, 7) is 5.37. The van der Waals surface area contributed by atoms with Crippen LogP contribution < -0.4 is 10.6 Å². The normalized spacial score (nSPS) is 19.7. The van der Waals surface area contributed by atoms with Crippen LogP contribution in [0.2, 0.25) is 0 Å². The van der Waals surface area contributed by atoms with Crippen molar-refractivity contribution in [3.8, 4) is 0 Å². The van der Waals surface area contributed by atoms with Crippen LogP contribution in [-0.2, 0) is 16.6 Å². The van der Waals surface area contributed by atoms with E-state index in [4.69, 9.17) is 0 Å². The topological polar surface area (TPSA) is 73.8 Å². The standard InChI is InChI=1S/C16H26N4O2S/c1-3-17-16(18-11-14-7-5-4-6-8-14)19-12-15-9-10-20(13-15)23(2,21)22/h4-8,15H,3,9-13H2,1-2H3,(H2,17,18,19). The predicted molar refractivity (Wildman–Crippen MR) is 93.8 cm³/mol. The van der Waals surface area contributed by atoms with Gasteiger partial charge in [-0.15, -0.1) is 0 Å². The molecular formula is C16H26N4O2S. The van der Waals surface area contributed by atoms with Gasteiger partial charge in [-0.2, -0.15) is 0 Å². The lowest BCUT2D eigenvalue weighted by atomic mass is 10.1. The second-order valence-electron chi connectivity index (χ2n) is 5.84. The molecule has 7 heteroatoms. The van der Waals surface area contributed by atoms with E-state index in [1.54, 1.807) is 4.31 Å². The molecule has 0 spiro atoms. The number of hydrogen-bond acceptors (Lipinski definition) is 3. The zero-order valence-corrected chi connectivity index (χ0v) is 14.6. The van der Waals surface area contributed by atoms with Crippen LogP contribution in [0.15, 0.2) is 35.3 Å². The highest BCUT2D eigenvalue weighted by atomic mass is 32.2. The van der Waals surface area contributed by atoms with Crippen molar-refractivity contribution >= 4 is 16.0 Å². The molecule has 128 valence electrons. The third-order valence-corrected chi connectivity index (χ3v) is 5.15. The molecule has 1 aliphatic heterocycles. The fourth-order valence-electron chi connectivity index (χ4n) is 2.60. The number of guanidine groups is 1. The summed E-state index contributed by atoms with van der Waals surface area (Å²) in [6, 6.07) is 10.1. The van der Waals surface area contributed by atoms with Crippen molar-refractivity contribution in [3.63, 3.8) is 0 Å². The summed E-state index contributed by atoms with van der Waals surface area (Å²) < 4.78 is 24.6. The molecule has 2 rings (SSSR count). The molecule has 1 aromatic rings. The van der Waals surface area contributed by atoms with Crippen LogP contribution in [-0.4, -0.2) is 51.1 Å². The molecule has 0 aromatic heterocycles. The Bertz CT molecular complexity index is 616. The van der Waals surface area contributed by atoms with Crippen LogP contribution >= 0.6 is 0 Å². The van der Waals surface area contributed by atoms with Crippen molar-refractivity contribution < 1.29 is 8.42 Å². The molecule has 23 heavy (non-hydrogen) atoms. The van der Waals surface area contributed by atoms with Gasteiger partial charge >= 0.3 is 0 Å². The van der Waals surface area contributed by atoms with E-state index in [0.717, 1.165) is 31.0 Å². The molecule has 1 aromatic carbocycles. The third kappa shape index (κ3) is 5.84. The Morgan fingerprint density at radius 3 is 2.65 bits per heavy atom. The van der Waals surface area contributed by atoms with Gasteiger partial charge in [-0.3, -0.25) is 0 Å². The average Bonchev–Trinajstić information content (AvgIpc) is 3.00. The van der Waals surface area contributed by atoms with Gasteiger partial charge in [-0.05, 0) is 24.8 Å². The number of benzene rings is 1. The molecule has 1 heterocycles. The third-order valence-electron chi connectivity index (χ3n) is 3.88. The number of aliphatic imine (C=N–C) groups is 1. The molecule has 0 bridgehead atoms. The number of nitrogens with one attached hydrogen (secondary N) is 2. The molecule has 1 saturated heterocycles. The molecular weight excluding hydrogens is 312 g/mol. The first-order valence-electron chi connectivity index (χ1n) is 8.00. The van der Waals surface area contributed by atoms with Crippen LogP contribution in [0.5, 0.6) is 0 Å².